The van der Waals surface area contributed by atoms with E-state index in [0.717, 1.165) is 18.4 Å². The highest BCUT2D eigenvalue weighted by molar-refractivity contribution is 6.30. The minimum Gasteiger partial charge on any atom is -0.206 e. The lowest BCUT2D eigenvalue weighted by Gasteiger charge is -2.07. The van der Waals surface area contributed by atoms with Crippen molar-refractivity contribution < 1.29 is 8.78 Å². The largest absolute Gasteiger partial charge is 0.206 e. The number of benzene rings is 2. The normalized spacial score (nSPS) is 10.7. The molecule has 0 saturated carbocycles. The zero-order valence-corrected chi connectivity index (χ0v) is 10.8. The Morgan fingerprint density at radius 3 is 2.44 bits per heavy atom. The molecule has 3 heteroatoms. The fourth-order valence-corrected chi connectivity index (χ4v) is 2.02. The van der Waals surface area contributed by atoms with Gasteiger partial charge in [0.05, 0.1) is 5.02 Å². The van der Waals surface area contributed by atoms with Crippen molar-refractivity contribution in [2.75, 3.05) is 0 Å². The molecule has 0 atom stereocenters. The Morgan fingerprint density at radius 2 is 1.78 bits per heavy atom. The fourth-order valence-electron chi connectivity index (χ4n) is 1.90. The summed E-state index contributed by atoms with van der Waals surface area (Å²) >= 11 is 5.62. The van der Waals surface area contributed by atoms with E-state index in [4.69, 9.17) is 11.6 Å². The summed E-state index contributed by atoms with van der Waals surface area (Å²) < 4.78 is 27.2. The van der Waals surface area contributed by atoms with Crippen LogP contribution < -0.4 is 0 Å². The maximum atomic E-state index is 13.8. The molecule has 0 saturated heterocycles. The lowest BCUT2D eigenvalue weighted by atomic mass is 10.0. The molecule has 0 aliphatic heterocycles. The Balaban J connectivity index is 2.48. The molecule has 0 unspecified atom stereocenters. The van der Waals surface area contributed by atoms with E-state index in [9.17, 15) is 8.78 Å². The van der Waals surface area contributed by atoms with Gasteiger partial charge in [-0.2, -0.15) is 0 Å². The Kier molecular flexibility index (Phi) is 3.97. The zero-order valence-electron chi connectivity index (χ0n) is 10.0. The lowest BCUT2D eigenvalue weighted by Crippen LogP contribution is -1.90. The Hall–Kier alpha value is -1.41. The summed E-state index contributed by atoms with van der Waals surface area (Å²) in [6.07, 6.45) is 1.86. The summed E-state index contributed by atoms with van der Waals surface area (Å²) in [7, 11) is 0. The molecule has 0 nitrogen and oxygen atoms in total. The smallest absolute Gasteiger partial charge is 0.142 e. The molecule has 0 bridgehead atoms. The van der Waals surface area contributed by atoms with Gasteiger partial charge >= 0.3 is 0 Å². The molecule has 2 aromatic rings. The monoisotopic (exact) mass is 266 g/mol. The SMILES string of the molecule is CCCc1ccc(F)c(-c2ccc(Cl)c(F)c2)c1. The van der Waals surface area contributed by atoms with Crippen LogP contribution in [0.3, 0.4) is 0 Å². The van der Waals surface area contributed by atoms with Crippen molar-refractivity contribution in [1.29, 1.82) is 0 Å². The molecule has 94 valence electrons. The third-order valence-corrected chi connectivity index (χ3v) is 3.11. The van der Waals surface area contributed by atoms with Crippen LogP contribution in [0.15, 0.2) is 36.4 Å². The molecule has 0 fully saturated rings. The average Bonchev–Trinajstić information content (AvgIpc) is 2.35. The first-order valence-corrected chi connectivity index (χ1v) is 6.23. The van der Waals surface area contributed by atoms with Gasteiger partial charge in [-0.05, 0) is 41.8 Å². The van der Waals surface area contributed by atoms with E-state index >= 15 is 0 Å². The highest BCUT2D eigenvalue weighted by atomic mass is 35.5. The molecule has 0 spiro atoms. The van der Waals surface area contributed by atoms with Gasteiger partial charge < -0.3 is 0 Å². The van der Waals surface area contributed by atoms with Crippen LogP contribution in [0, 0.1) is 11.6 Å². The van der Waals surface area contributed by atoms with Gasteiger partial charge in [0.1, 0.15) is 11.6 Å². The van der Waals surface area contributed by atoms with Crippen LogP contribution in [0.4, 0.5) is 8.78 Å². The average molecular weight is 267 g/mol. The Labute approximate surface area is 110 Å². The first kappa shape index (κ1) is 13.0. The number of aryl methyl sites for hydroxylation is 1. The quantitative estimate of drug-likeness (QED) is 0.713. The Bertz CT molecular complexity index is 564. The summed E-state index contributed by atoms with van der Waals surface area (Å²) in [5.41, 5.74) is 1.97. The number of hydrogen-bond donors (Lipinski definition) is 0. The van der Waals surface area contributed by atoms with Gasteiger partial charge in [-0.25, -0.2) is 8.78 Å². The van der Waals surface area contributed by atoms with Crippen molar-refractivity contribution in [3.05, 3.63) is 58.6 Å². The van der Waals surface area contributed by atoms with Crippen LogP contribution in [0.25, 0.3) is 11.1 Å². The molecule has 0 heterocycles. The van der Waals surface area contributed by atoms with Crippen molar-refractivity contribution in [3.63, 3.8) is 0 Å². The van der Waals surface area contributed by atoms with Crippen molar-refractivity contribution in [2.45, 2.75) is 19.8 Å². The van der Waals surface area contributed by atoms with E-state index in [0.29, 0.717) is 11.1 Å². The first-order chi connectivity index (χ1) is 8.61. The van der Waals surface area contributed by atoms with Crippen molar-refractivity contribution in [3.8, 4) is 11.1 Å². The summed E-state index contributed by atoms with van der Waals surface area (Å²) in [6.45, 7) is 2.06. The van der Waals surface area contributed by atoms with E-state index in [2.05, 4.69) is 6.92 Å². The van der Waals surface area contributed by atoms with E-state index in [1.165, 1.54) is 18.2 Å². The second-order valence-corrected chi connectivity index (χ2v) is 4.60. The summed E-state index contributed by atoms with van der Waals surface area (Å²) in [5, 5.41) is 0.0453. The van der Waals surface area contributed by atoms with E-state index < -0.39 is 5.82 Å². The zero-order chi connectivity index (χ0) is 13.1. The maximum absolute atomic E-state index is 13.8. The molecular weight excluding hydrogens is 254 g/mol. The molecule has 0 aliphatic carbocycles. The fraction of sp³-hybridized carbons (Fsp3) is 0.200. The van der Waals surface area contributed by atoms with Crippen LogP contribution in [-0.4, -0.2) is 0 Å². The topological polar surface area (TPSA) is 0 Å². The van der Waals surface area contributed by atoms with Gasteiger partial charge in [0.25, 0.3) is 0 Å². The molecule has 0 aromatic heterocycles. The third kappa shape index (κ3) is 2.70. The predicted molar refractivity (Wildman–Crippen MR) is 70.8 cm³/mol. The first-order valence-electron chi connectivity index (χ1n) is 5.85. The summed E-state index contributed by atoms with van der Waals surface area (Å²) in [6, 6.07) is 9.27. The van der Waals surface area contributed by atoms with Gasteiger partial charge in [0.15, 0.2) is 0 Å². The van der Waals surface area contributed by atoms with Gasteiger partial charge in [-0.1, -0.05) is 37.1 Å². The molecule has 2 rings (SSSR count). The van der Waals surface area contributed by atoms with Crippen LogP contribution in [0.2, 0.25) is 5.02 Å². The Morgan fingerprint density at radius 1 is 1.00 bits per heavy atom. The van der Waals surface area contributed by atoms with Crippen molar-refractivity contribution in [1.82, 2.24) is 0 Å². The second-order valence-electron chi connectivity index (χ2n) is 4.19. The minimum absolute atomic E-state index is 0.0453. The van der Waals surface area contributed by atoms with Gasteiger partial charge in [0.2, 0.25) is 0 Å². The molecule has 0 radical (unpaired) electrons. The van der Waals surface area contributed by atoms with Crippen LogP contribution in [0.5, 0.6) is 0 Å². The lowest BCUT2D eigenvalue weighted by molar-refractivity contribution is 0.624. The molecular formula is C15H13ClF2. The van der Waals surface area contributed by atoms with Crippen molar-refractivity contribution >= 4 is 11.6 Å². The van der Waals surface area contributed by atoms with Crippen molar-refractivity contribution in [2.24, 2.45) is 0 Å². The van der Waals surface area contributed by atoms with Gasteiger partial charge in [-0.3, -0.25) is 0 Å². The second kappa shape index (κ2) is 5.49. The molecule has 0 aliphatic rings. The third-order valence-electron chi connectivity index (χ3n) is 2.80. The molecule has 0 amide bonds. The highest BCUT2D eigenvalue weighted by Crippen LogP contribution is 2.27. The highest BCUT2D eigenvalue weighted by Gasteiger charge is 2.08. The van der Waals surface area contributed by atoms with Gasteiger partial charge in [-0.15, -0.1) is 0 Å². The summed E-state index contributed by atoms with van der Waals surface area (Å²) in [5.74, 6) is -0.883. The predicted octanol–water partition coefficient (Wildman–Crippen LogP) is 5.24. The maximum Gasteiger partial charge on any atom is 0.142 e. The minimum atomic E-state index is -0.533. The number of hydrogen-bond acceptors (Lipinski definition) is 0. The van der Waals surface area contributed by atoms with E-state index in [1.807, 2.05) is 0 Å². The molecule has 2 aromatic carbocycles. The van der Waals surface area contributed by atoms with Crippen LogP contribution in [0.1, 0.15) is 18.9 Å². The summed E-state index contributed by atoms with van der Waals surface area (Å²) in [4.78, 5) is 0. The van der Waals surface area contributed by atoms with E-state index in [-0.39, 0.29) is 10.8 Å². The van der Waals surface area contributed by atoms with Crippen LogP contribution >= 0.6 is 11.6 Å². The number of rotatable bonds is 3. The number of halogens is 3. The van der Waals surface area contributed by atoms with E-state index in [1.54, 1.807) is 18.2 Å². The molecule has 0 N–H and O–H groups in total. The van der Waals surface area contributed by atoms with Gasteiger partial charge in [0, 0.05) is 5.56 Å². The van der Waals surface area contributed by atoms with Crippen LogP contribution in [-0.2, 0) is 6.42 Å². The molecule has 18 heavy (non-hydrogen) atoms. The standard InChI is InChI=1S/C15H13ClF2/c1-2-3-10-4-7-14(17)12(8-10)11-5-6-13(16)15(18)9-11/h4-9H,2-3H2,1H3.